The van der Waals surface area contributed by atoms with Gasteiger partial charge in [-0.15, -0.1) is 12.4 Å². The fourth-order valence-electron chi connectivity index (χ4n) is 3.11. The molecule has 2 fully saturated rings. The van der Waals surface area contributed by atoms with Gasteiger partial charge >= 0.3 is 6.18 Å². The molecular weight excluding hydrogens is 425 g/mol. The summed E-state index contributed by atoms with van der Waals surface area (Å²) >= 11 is 0. The van der Waals surface area contributed by atoms with Crippen LogP contribution in [-0.2, 0) is 9.59 Å². The van der Waals surface area contributed by atoms with E-state index in [1.807, 2.05) is 0 Å². The van der Waals surface area contributed by atoms with Crippen molar-refractivity contribution in [1.29, 1.82) is 0 Å². The van der Waals surface area contributed by atoms with Crippen LogP contribution in [0.15, 0.2) is 0 Å². The van der Waals surface area contributed by atoms with Crippen molar-refractivity contribution in [3.63, 3.8) is 0 Å². The molecule has 0 aromatic rings. The van der Waals surface area contributed by atoms with Gasteiger partial charge in [-0.3, -0.25) is 9.59 Å². The highest BCUT2D eigenvalue weighted by Crippen LogP contribution is 2.34. The Labute approximate surface area is 171 Å². The predicted molar refractivity (Wildman–Crippen MR) is 96.8 cm³/mol. The molecule has 1 heterocycles. The standard InChI is InChI=1S/C17H26F5N3O3.ClH/c1-16(18,19)6-4-11(13(26)15(28)24-10-2-3-10)25-14(27)12-8-9(5-7-23-12)17(20,21)22;/h9-13,23,26H,2-8H2,1H3,(H,24,28)(H,25,27);1H/t9-,11+,12+,13+;/m1./s1. The summed E-state index contributed by atoms with van der Waals surface area (Å²) in [6.45, 7) is 0.643. The van der Waals surface area contributed by atoms with E-state index in [2.05, 4.69) is 16.0 Å². The summed E-state index contributed by atoms with van der Waals surface area (Å²) in [5.74, 6) is -6.38. The van der Waals surface area contributed by atoms with Gasteiger partial charge in [0.15, 0.2) is 6.10 Å². The minimum Gasteiger partial charge on any atom is -0.381 e. The summed E-state index contributed by atoms with van der Waals surface area (Å²) in [6.07, 6.45) is -6.47. The summed E-state index contributed by atoms with van der Waals surface area (Å²) in [7, 11) is 0. The van der Waals surface area contributed by atoms with Crippen LogP contribution in [0.3, 0.4) is 0 Å². The largest absolute Gasteiger partial charge is 0.391 e. The van der Waals surface area contributed by atoms with E-state index in [0.717, 1.165) is 12.8 Å². The second kappa shape index (κ2) is 10.2. The third kappa shape index (κ3) is 8.59. The van der Waals surface area contributed by atoms with Crippen LogP contribution in [-0.4, -0.2) is 59.8 Å². The molecule has 0 unspecified atom stereocenters. The van der Waals surface area contributed by atoms with Crippen LogP contribution in [0.5, 0.6) is 0 Å². The highest BCUT2D eigenvalue weighted by Gasteiger charge is 2.44. The van der Waals surface area contributed by atoms with E-state index in [4.69, 9.17) is 0 Å². The minimum absolute atomic E-state index is 0. The fourth-order valence-corrected chi connectivity index (χ4v) is 3.11. The molecule has 2 amide bonds. The lowest BCUT2D eigenvalue weighted by Gasteiger charge is -2.32. The van der Waals surface area contributed by atoms with Gasteiger partial charge < -0.3 is 21.1 Å². The zero-order valence-electron chi connectivity index (χ0n) is 15.9. The van der Waals surface area contributed by atoms with Crippen LogP contribution in [0.4, 0.5) is 22.0 Å². The summed E-state index contributed by atoms with van der Waals surface area (Å²) in [5.41, 5.74) is 0. The Balaban J connectivity index is 0.00000420. The van der Waals surface area contributed by atoms with E-state index >= 15 is 0 Å². The van der Waals surface area contributed by atoms with Crippen LogP contribution in [0.25, 0.3) is 0 Å². The number of hydrogen-bond donors (Lipinski definition) is 4. The summed E-state index contributed by atoms with van der Waals surface area (Å²) < 4.78 is 65.2. The summed E-state index contributed by atoms with van der Waals surface area (Å²) in [6, 6.07) is -2.59. The maximum atomic E-state index is 13.2. The van der Waals surface area contributed by atoms with Crippen LogP contribution in [0.2, 0.25) is 0 Å². The average Bonchev–Trinajstić information content (AvgIpc) is 3.40. The van der Waals surface area contributed by atoms with E-state index in [9.17, 15) is 36.6 Å². The first-order valence-corrected chi connectivity index (χ1v) is 9.33. The first-order chi connectivity index (χ1) is 12.9. The lowest BCUT2D eigenvalue weighted by atomic mass is 9.91. The van der Waals surface area contributed by atoms with Crippen molar-refractivity contribution in [2.24, 2.45) is 5.92 Å². The monoisotopic (exact) mass is 451 g/mol. The molecule has 1 aliphatic heterocycles. The van der Waals surface area contributed by atoms with Gasteiger partial charge in [0.25, 0.3) is 5.91 Å². The summed E-state index contributed by atoms with van der Waals surface area (Å²) in [4.78, 5) is 24.4. The molecule has 2 rings (SSSR count). The van der Waals surface area contributed by atoms with Gasteiger partial charge in [0.2, 0.25) is 11.8 Å². The van der Waals surface area contributed by atoms with Crippen LogP contribution in [0, 0.1) is 5.92 Å². The first-order valence-electron chi connectivity index (χ1n) is 9.33. The third-order valence-electron chi connectivity index (χ3n) is 4.98. The van der Waals surface area contributed by atoms with Gasteiger partial charge in [-0.25, -0.2) is 8.78 Å². The van der Waals surface area contributed by atoms with Crippen molar-refractivity contribution in [3.05, 3.63) is 0 Å². The van der Waals surface area contributed by atoms with Gasteiger partial charge in [-0.1, -0.05) is 0 Å². The van der Waals surface area contributed by atoms with Gasteiger partial charge in [0, 0.05) is 12.5 Å². The number of carbonyl (C=O) groups excluding carboxylic acids is 2. The molecule has 6 nitrogen and oxygen atoms in total. The number of nitrogens with one attached hydrogen (secondary N) is 3. The molecule has 29 heavy (non-hydrogen) atoms. The molecule has 170 valence electrons. The number of aliphatic hydroxyl groups excluding tert-OH is 1. The fraction of sp³-hybridized carbons (Fsp3) is 0.882. The van der Waals surface area contributed by atoms with Crippen molar-refractivity contribution in [2.45, 2.75) is 81.8 Å². The number of hydrogen-bond acceptors (Lipinski definition) is 4. The number of alkyl halides is 5. The number of piperidine rings is 1. The molecule has 1 aliphatic carbocycles. The van der Waals surface area contributed by atoms with Crippen LogP contribution < -0.4 is 16.0 Å². The third-order valence-corrected chi connectivity index (χ3v) is 4.98. The topological polar surface area (TPSA) is 90.5 Å². The number of rotatable bonds is 8. The average molecular weight is 452 g/mol. The SMILES string of the molecule is CC(F)(F)CC[C@H](NC(=O)[C@@H]1C[C@H](C(F)(F)F)CCN1)[C@H](O)C(=O)NC1CC1.Cl. The number of halogens is 6. The smallest absolute Gasteiger partial charge is 0.381 e. The molecule has 0 radical (unpaired) electrons. The molecule has 1 saturated carbocycles. The van der Waals surface area contributed by atoms with Gasteiger partial charge in [0.05, 0.1) is 18.0 Å². The molecule has 0 aromatic heterocycles. The lowest BCUT2D eigenvalue weighted by molar-refractivity contribution is -0.183. The van der Waals surface area contributed by atoms with Crippen molar-refractivity contribution in [2.75, 3.05) is 6.54 Å². The Morgan fingerprint density at radius 2 is 1.79 bits per heavy atom. The maximum absolute atomic E-state index is 13.2. The molecule has 4 N–H and O–H groups in total. The Bertz CT molecular complexity index is 569. The molecular formula is C17H27ClF5N3O3. The van der Waals surface area contributed by atoms with E-state index in [0.29, 0.717) is 6.92 Å². The van der Waals surface area contributed by atoms with Crippen molar-refractivity contribution < 1.29 is 36.6 Å². The Kier molecular flexibility index (Phi) is 9.10. The zero-order valence-corrected chi connectivity index (χ0v) is 16.7. The molecule has 0 spiro atoms. The first kappa shape index (κ1) is 25.8. The highest BCUT2D eigenvalue weighted by molar-refractivity contribution is 5.86. The molecule has 0 aromatic carbocycles. The second-order valence-electron chi connectivity index (χ2n) is 7.72. The second-order valence-corrected chi connectivity index (χ2v) is 7.72. The van der Waals surface area contributed by atoms with E-state index in [1.54, 1.807) is 0 Å². The van der Waals surface area contributed by atoms with E-state index < -0.39 is 67.3 Å². The molecule has 4 atom stereocenters. The predicted octanol–water partition coefficient (Wildman–Crippen LogP) is 1.90. The van der Waals surface area contributed by atoms with Crippen molar-refractivity contribution >= 4 is 24.2 Å². The number of amides is 2. The molecule has 0 bridgehead atoms. The zero-order chi connectivity index (χ0) is 21.1. The normalized spacial score (nSPS) is 24.8. The Hall–Kier alpha value is -1.20. The number of carbonyl (C=O) groups is 2. The van der Waals surface area contributed by atoms with Gasteiger partial charge in [-0.2, -0.15) is 13.2 Å². The van der Waals surface area contributed by atoms with E-state index in [-0.39, 0.29) is 31.4 Å². The quantitative estimate of drug-likeness (QED) is 0.424. The van der Waals surface area contributed by atoms with Gasteiger partial charge in [0.1, 0.15) is 0 Å². The van der Waals surface area contributed by atoms with Crippen LogP contribution in [0.1, 0.15) is 45.4 Å². The Morgan fingerprint density at radius 1 is 1.17 bits per heavy atom. The van der Waals surface area contributed by atoms with Crippen molar-refractivity contribution in [1.82, 2.24) is 16.0 Å². The van der Waals surface area contributed by atoms with Gasteiger partial charge in [-0.05, 0) is 45.6 Å². The van der Waals surface area contributed by atoms with E-state index in [1.165, 1.54) is 0 Å². The summed E-state index contributed by atoms with van der Waals surface area (Å²) in [5, 5.41) is 17.7. The minimum atomic E-state index is -4.44. The molecule has 12 heteroatoms. The van der Waals surface area contributed by atoms with Crippen molar-refractivity contribution in [3.8, 4) is 0 Å². The number of aliphatic hydroxyl groups is 1. The highest BCUT2D eigenvalue weighted by atomic mass is 35.5. The molecule has 2 aliphatic rings. The maximum Gasteiger partial charge on any atom is 0.391 e. The molecule has 1 saturated heterocycles. The lowest BCUT2D eigenvalue weighted by Crippen LogP contribution is -2.57. The Morgan fingerprint density at radius 3 is 2.31 bits per heavy atom. The van der Waals surface area contributed by atoms with Crippen LogP contribution >= 0.6 is 12.4 Å².